The Bertz CT molecular complexity index is 1210. The lowest BCUT2D eigenvalue weighted by molar-refractivity contribution is -0.112. The van der Waals surface area contributed by atoms with Crippen LogP contribution in [0.1, 0.15) is 22.3 Å². The highest BCUT2D eigenvalue weighted by Gasteiger charge is 2.14. The third-order valence-corrected chi connectivity index (χ3v) is 6.02. The maximum Gasteiger partial charge on any atom is 0.266 e. The first-order valence-corrected chi connectivity index (χ1v) is 11.6. The van der Waals surface area contributed by atoms with Crippen molar-refractivity contribution in [2.24, 2.45) is 0 Å². The van der Waals surface area contributed by atoms with Crippen molar-refractivity contribution in [1.82, 2.24) is 0 Å². The molecule has 0 aromatic heterocycles. The van der Waals surface area contributed by atoms with Crippen LogP contribution in [-0.4, -0.2) is 5.91 Å². The van der Waals surface area contributed by atoms with E-state index in [1.807, 2.05) is 62.4 Å². The van der Waals surface area contributed by atoms with Crippen LogP contribution < -0.4 is 10.1 Å². The molecule has 0 heterocycles. The number of amides is 1. The van der Waals surface area contributed by atoms with Gasteiger partial charge in [0.05, 0.1) is 9.50 Å². The van der Waals surface area contributed by atoms with Crippen molar-refractivity contribution in [2.45, 2.75) is 20.5 Å². The predicted molar refractivity (Wildman–Crippen MR) is 136 cm³/mol. The van der Waals surface area contributed by atoms with Crippen molar-refractivity contribution in [2.75, 3.05) is 5.32 Å². The zero-order valence-corrected chi connectivity index (χ0v) is 21.3. The number of rotatable bonds is 6. The molecule has 0 aliphatic heterocycles. The fourth-order valence-corrected chi connectivity index (χ4v) is 4.25. The molecule has 162 valence electrons. The molecule has 0 bridgehead atoms. The second-order valence-electron chi connectivity index (χ2n) is 7.17. The number of halogens is 3. The maximum atomic E-state index is 12.6. The summed E-state index contributed by atoms with van der Waals surface area (Å²) in [4.78, 5) is 12.6. The normalized spacial score (nSPS) is 11.1. The zero-order valence-electron chi connectivity index (χ0n) is 17.4. The molecule has 0 spiro atoms. The van der Waals surface area contributed by atoms with Gasteiger partial charge < -0.3 is 10.1 Å². The van der Waals surface area contributed by atoms with Crippen molar-refractivity contribution in [3.8, 4) is 11.8 Å². The number of carbonyl (C=O) groups is 1. The molecule has 3 rings (SSSR count). The molecule has 1 N–H and O–H groups in total. The van der Waals surface area contributed by atoms with E-state index in [2.05, 4.69) is 37.2 Å². The number of aryl methyl sites for hydroxylation is 2. The van der Waals surface area contributed by atoms with Crippen LogP contribution in [0.4, 0.5) is 5.69 Å². The van der Waals surface area contributed by atoms with E-state index in [0.717, 1.165) is 21.2 Å². The first-order valence-electron chi connectivity index (χ1n) is 9.63. The number of hydrogen-bond donors (Lipinski definition) is 1. The Morgan fingerprint density at radius 2 is 1.84 bits per heavy atom. The highest BCUT2D eigenvalue weighted by atomic mass is 79.9. The monoisotopic (exact) mass is 572 g/mol. The third-order valence-electron chi connectivity index (χ3n) is 4.62. The summed E-state index contributed by atoms with van der Waals surface area (Å²) in [6, 6.07) is 18.9. The lowest BCUT2D eigenvalue weighted by Gasteiger charge is -2.12. The van der Waals surface area contributed by atoms with E-state index in [-0.39, 0.29) is 5.57 Å². The van der Waals surface area contributed by atoms with E-state index >= 15 is 0 Å². The van der Waals surface area contributed by atoms with Crippen LogP contribution in [0.2, 0.25) is 5.02 Å². The number of hydrogen-bond acceptors (Lipinski definition) is 3. The van der Waals surface area contributed by atoms with Crippen LogP contribution in [0, 0.1) is 25.2 Å². The van der Waals surface area contributed by atoms with Gasteiger partial charge in [-0.25, -0.2) is 0 Å². The van der Waals surface area contributed by atoms with Gasteiger partial charge in [0, 0.05) is 10.2 Å². The second-order valence-corrected chi connectivity index (χ2v) is 9.35. The van der Waals surface area contributed by atoms with Gasteiger partial charge in [0.1, 0.15) is 18.2 Å². The number of nitrogens with one attached hydrogen (secondary N) is 1. The molecule has 0 radical (unpaired) electrons. The Morgan fingerprint density at radius 1 is 1.12 bits per heavy atom. The van der Waals surface area contributed by atoms with Crippen LogP contribution in [0.3, 0.4) is 0 Å². The van der Waals surface area contributed by atoms with Gasteiger partial charge in [0.25, 0.3) is 5.91 Å². The van der Waals surface area contributed by atoms with E-state index in [1.165, 1.54) is 6.08 Å². The molecule has 0 aliphatic rings. The third kappa shape index (κ3) is 6.23. The van der Waals surface area contributed by atoms with Crippen LogP contribution in [-0.2, 0) is 11.4 Å². The topological polar surface area (TPSA) is 62.1 Å². The van der Waals surface area contributed by atoms with Gasteiger partial charge in [-0.3, -0.25) is 4.79 Å². The smallest absolute Gasteiger partial charge is 0.266 e. The lowest BCUT2D eigenvalue weighted by Crippen LogP contribution is -2.14. The molecule has 0 fully saturated rings. The predicted octanol–water partition coefficient (Wildman–Crippen LogP) is 7.61. The Morgan fingerprint density at radius 3 is 2.47 bits per heavy atom. The SMILES string of the molecule is Cc1ccc(NC(=O)/C(C#N)=C/c2cc(Cl)c(OCc3ccc(Br)cc3)c(Br)c2)c(C)c1. The number of carbonyl (C=O) groups excluding carboxylic acids is 1. The van der Waals surface area contributed by atoms with Crippen LogP contribution >= 0.6 is 43.5 Å². The number of nitrogens with zero attached hydrogens (tertiary/aromatic N) is 1. The minimum Gasteiger partial charge on any atom is -0.486 e. The summed E-state index contributed by atoms with van der Waals surface area (Å²) in [7, 11) is 0. The van der Waals surface area contributed by atoms with Gasteiger partial charge in [0.2, 0.25) is 0 Å². The van der Waals surface area contributed by atoms with E-state index in [9.17, 15) is 10.1 Å². The van der Waals surface area contributed by atoms with Gasteiger partial charge in [-0.1, -0.05) is 57.4 Å². The maximum absolute atomic E-state index is 12.6. The highest BCUT2D eigenvalue weighted by Crippen LogP contribution is 2.36. The first-order chi connectivity index (χ1) is 15.3. The number of anilines is 1. The summed E-state index contributed by atoms with van der Waals surface area (Å²) in [6.07, 6.45) is 1.49. The molecule has 0 saturated carbocycles. The Hall–Kier alpha value is -2.59. The molecule has 4 nitrogen and oxygen atoms in total. The van der Waals surface area contributed by atoms with Gasteiger partial charge in [-0.15, -0.1) is 0 Å². The fourth-order valence-electron chi connectivity index (χ4n) is 3.00. The van der Waals surface area contributed by atoms with Crippen molar-refractivity contribution in [3.63, 3.8) is 0 Å². The van der Waals surface area contributed by atoms with Crippen LogP contribution in [0.25, 0.3) is 6.08 Å². The lowest BCUT2D eigenvalue weighted by atomic mass is 10.1. The molecular weight excluding hydrogens is 556 g/mol. The zero-order chi connectivity index (χ0) is 23.3. The minimum atomic E-state index is -0.484. The molecule has 0 unspecified atom stereocenters. The summed E-state index contributed by atoms with van der Waals surface area (Å²) < 4.78 is 7.49. The van der Waals surface area contributed by atoms with E-state index in [4.69, 9.17) is 16.3 Å². The largest absolute Gasteiger partial charge is 0.486 e. The molecule has 3 aromatic rings. The molecule has 7 heteroatoms. The molecule has 0 saturated heterocycles. The van der Waals surface area contributed by atoms with Gasteiger partial charge in [0.15, 0.2) is 5.75 Å². The fraction of sp³-hybridized carbons (Fsp3) is 0.120. The van der Waals surface area contributed by atoms with Crippen molar-refractivity contribution < 1.29 is 9.53 Å². The van der Waals surface area contributed by atoms with Gasteiger partial charge >= 0.3 is 0 Å². The first kappa shape index (κ1) is 24.1. The average molecular weight is 575 g/mol. The van der Waals surface area contributed by atoms with Gasteiger partial charge in [-0.2, -0.15) is 5.26 Å². The van der Waals surface area contributed by atoms with Crippen LogP contribution in [0.15, 0.2) is 69.1 Å². The Balaban J connectivity index is 1.77. The summed E-state index contributed by atoms with van der Waals surface area (Å²) >= 11 is 13.3. The number of nitriles is 1. The number of ether oxygens (including phenoxy) is 1. The Labute approximate surface area is 209 Å². The van der Waals surface area contributed by atoms with E-state index in [0.29, 0.717) is 33.1 Å². The minimum absolute atomic E-state index is 0.0310. The molecule has 1 amide bonds. The molecular formula is C25H19Br2ClN2O2. The summed E-state index contributed by atoms with van der Waals surface area (Å²) in [5.41, 5.74) is 4.25. The molecule has 32 heavy (non-hydrogen) atoms. The molecule has 0 aliphatic carbocycles. The quantitative estimate of drug-likeness (QED) is 0.244. The summed E-state index contributed by atoms with van der Waals surface area (Å²) in [6.45, 7) is 4.23. The second kappa shape index (κ2) is 10.8. The average Bonchev–Trinajstić information content (AvgIpc) is 2.74. The summed E-state index contributed by atoms with van der Waals surface area (Å²) in [5, 5.41) is 12.7. The molecule has 0 atom stereocenters. The van der Waals surface area contributed by atoms with Crippen molar-refractivity contribution >= 4 is 61.1 Å². The summed E-state index contributed by atoms with van der Waals surface area (Å²) in [5.74, 6) is 0.00670. The van der Waals surface area contributed by atoms with E-state index in [1.54, 1.807) is 12.1 Å². The number of benzene rings is 3. The van der Waals surface area contributed by atoms with Crippen LogP contribution in [0.5, 0.6) is 5.75 Å². The molecule has 3 aromatic carbocycles. The van der Waals surface area contributed by atoms with Crippen molar-refractivity contribution in [1.29, 1.82) is 5.26 Å². The van der Waals surface area contributed by atoms with Crippen molar-refractivity contribution in [3.05, 3.63) is 96.4 Å². The standard InChI is InChI=1S/C25H19Br2ClN2O2/c1-15-3-8-23(16(2)9-15)30-25(31)19(13-29)10-18-11-21(27)24(22(28)12-18)32-14-17-4-6-20(26)7-5-17/h3-12H,14H2,1-2H3,(H,30,31)/b19-10+. The highest BCUT2D eigenvalue weighted by molar-refractivity contribution is 9.10. The van der Waals surface area contributed by atoms with E-state index < -0.39 is 5.91 Å². The van der Waals surface area contributed by atoms with Gasteiger partial charge in [-0.05, 0) is 82.9 Å². The Kier molecular flexibility index (Phi) is 8.14.